The fourth-order valence-corrected chi connectivity index (χ4v) is 8.62. The quantitative estimate of drug-likeness (QED) is 0.123. The van der Waals surface area contributed by atoms with Gasteiger partial charge in [0.1, 0.15) is 46.8 Å². The zero-order valence-corrected chi connectivity index (χ0v) is 37.4. The van der Waals surface area contributed by atoms with Gasteiger partial charge in [0.05, 0.1) is 44.3 Å². The number of carbonyl (C=O) groups is 1. The molecule has 4 aromatic carbocycles. The molecule has 0 fully saturated rings. The number of nitriles is 1. The summed E-state index contributed by atoms with van der Waals surface area (Å²) in [4.78, 5) is 29.7. The molecule has 7 aromatic rings. The first kappa shape index (κ1) is 46.4. The first-order valence-corrected chi connectivity index (χ1v) is 23.4. The van der Waals surface area contributed by atoms with Crippen molar-refractivity contribution >= 4 is 59.2 Å². The van der Waals surface area contributed by atoms with Crippen LogP contribution in [0.25, 0.3) is 44.3 Å². The number of rotatable bonds is 9. The number of alkyl carbamates (subject to hydrolysis) is 1. The summed E-state index contributed by atoms with van der Waals surface area (Å²) in [7, 11) is -7.13. The van der Waals surface area contributed by atoms with Gasteiger partial charge in [0.15, 0.2) is 19.7 Å². The highest BCUT2D eigenvalue weighted by Gasteiger charge is 2.25. The smallest absolute Gasteiger partial charge is 0.408 e. The highest BCUT2D eigenvalue weighted by atomic mass is 32.2. The van der Waals surface area contributed by atoms with Crippen molar-refractivity contribution < 1.29 is 35.1 Å². The van der Waals surface area contributed by atoms with Crippen LogP contribution in [-0.2, 0) is 24.4 Å². The van der Waals surface area contributed by atoms with Crippen molar-refractivity contribution in [3.8, 4) is 28.6 Å². The van der Waals surface area contributed by atoms with E-state index in [1.165, 1.54) is 42.7 Å². The molecular weight excluding hydrogens is 863 g/mol. The number of nitrogens with two attached hydrogens (primary N) is 1. The molecule has 0 radical (unpaired) electrons. The number of fused-ring (bicyclic) bond motifs is 2. The van der Waals surface area contributed by atoms with E-state index < -0.39 is 55.1 Å². The summed E-state index contributed by atoms with van der Waals surface area (Å²) in [6.45, 7) is 8.85. The fraction of sp³-hybridized carbons (Fsp3) is 0.217. The number of anilines is 2. The van der Waals surface area contributed by atoms with E-state index in [4.69, 9.17) is 10.5 Å². The molecule has 18 heteroatoms. The third-order valence-electron chi connectivity index (χ3n) is 9.71. The minimum absolute atomic E-state index is 0.0388. The van der Waals surface area contributed by atoms with E-state index in [0.29, 0.717) is 55.4 Å². The van der Waals surface area contributed by atoms with Crippen molar-refractivity contribution in [3.05, 3.63) is 132 Å². The molecule has 0 aliphatic carbocycles. The maximum Gasteiger partial charge on any atom is 0.408 e. The summed E-state index contributed by atoms with van der Waals surface area (Å²) in [5.41, 5.74) is 8.68. The molecule has 0 aliphatic heterocycles. The molecule has 3 heterocycles. The second-order valence-electron chi connectivity index (χ2n) is 15.9. The Morgan fingerprint density at radius 3 is 1.66 bits per heavy atom. The Hall–Kier alpha value is -7.10. The first-order valence-electron chi connectivity index (χ1n) is 19.6. The Balaban J connectivity index is 0.000000213. The SMILES string of the molecule is C[C@H](NC(=O)OC(C)(C)C)c1cc2ccc(F)cc2nc1-c1ccccc1S(C)(=O)=O.C[C@H](Nc1ncnc(N)c1C#N)c1cc2ccc(F)cc2nc1-c1ccccc1S(C)(=O)=O. The summed E-state index contributed by atoms with van der Waals surface area (Å²) >= 11 is 0. The Labute approximate surface area is 369 Å². The van der Waals surface area contributed by atoms with Crippen LogP contribution in [0.4, 0.5) is 25.2 Å². The van der Waals surface area contributed by atoms with Gasteiger partial charge in [-0.05, 0) is 83.1 Å². The summed E-state index contributed by atoms with van der Waals surface area (Å²) in [5, 5.41) is 16.7. The summed E-state index contributed by atoms with van der Waals surface area (Å²) < 4.78 is 82.8. The molecule has 3 aromatic heterocycles. The first-order chi connectivity index (χ1) is 30.0. The van der Waals surface area contributed by atoms with Gasteiger partial charge in [0.2, 0.25) is 0 Å². The molecule has 330 valence electrons. The number of nitrogens with zero attached hydrogens (tertiary/aromatic N) is 5. The lowest BCUT2D eigenvalue weighted by Gasteiger charge is -2.23. The van der Waals surface area contributed by atoms with Gasteiger partial charge < -0.3 is 21.1 Å². The highest BCUT2D eigenvalue weighted by molar-refractivity contribution is 7.91. The van der Waals surface area contributed by atoms with Crippen molar-refractivity contribution in [3.63, 3.8) is 0 Å². The van der Waals surface area contributed by atoms with E-state index in [-0.39, 0.29) is 27.0 Å². The van der Waals surface area contributed by atoms with E-state index in [1.807, 2.05) is 19.1 Å². The Bertz CT molecular complexity index is 3210. The normalized spacial score (nSPS) is 12.7. The number of carbonyl (C=O) groups excluding carboxylic acids is 1. The van der Waals surface area contributed by atoms with E-state index >= 15 is 0 Å². The second-order valence-corrected chi connectivity index (χ2v) is 19.9. The molecule has 0 saturated heterocycles. The number of nitrogens with one attached hydrogen (secondary N) is 2. The summed E-state index contributed by atoms with van der Waals surface area (Å²) in [5.74, 6) is -0.627. The molecule has 4 N–H and O–H groups in total. The average molecular weight is 907 g/mol. The minimum atomic E-state index is -3.58. The molecule has 1 amide bonds. The molecule has 0 saturated carbocycles. The van der Waals surface area contributed by atoms with Crippen molar-refractivity contribution in [2.24, 2.45) is 0 Å². The van der Waals surface area contributed by atoms with Crippen molar-refractivity contribution in [1.29, 1.82) is 5.26 Å². The molecule has 0 unspecified atom stereocenters. The number of amides is 1. The number of aromatic nitrogens is 4. The van der Waals surface area contributed by atoms with Crippen LogP contribution in [0.15, 0.2) is 113 Å². The average Bonchev–Trinajstić information content (AvgIpc) is 3.21. The van der Waals surface area contributed by atoms with Crippen LogP contribution < -0.4 is 16.4 Å². The van der Waals surface area contributed by atoms with Gasteiger partial charge in [0, 0.05) is 57.7 Å². The molecule has 2 atom stereocenters. The molecular formula is C46H44F2N8O6S2. The molecule has 7 rings (SSSR count). The minimum Gasteiger partial charge on any atom is -0.444 e. The Kier molecular flexibility index (Phi) is 13.3. The van der Waals surface area contributed by atoms with Crippen LogP contribution in [0, 0.1) is 23.0 Å². The number of sulfone groups is 2. The standard InChI is InChI=1S/C23H19FN6O2S.C23H25FN2O4S/c1-13(29-23-18(11-25)22(26)27-12-28-23)17-9-14-7-8-15(24)10-19(14)30-21(17)16-5-3-4-6-20(16)33(2,31)32;1-14(25-22(27)30-23(2,3)4)18-12-15-10-11-16(24)13-19(15)26-21(18)17-8-6-7-9-20(17)31(5,28)29/h3-10,12-13H,1-2H3,(H3,26,27,28,29);6-14H,1-5H3,(H,25,27)/t13-;14-/m00/s1. The third kappa shape index (κ3) is 10.7. The third-order valence-corrected chi connectivity index (χ3v) is 12.0. The zero-order valence-electron chi connectivity index (χ0n) is 35.8. The molecule has 0 bridgehead atoms. The Morgan fingerprint density at radius 2 is 1.20 bits per heavy atom. The maximum atomic E-state index is 13.9. The van der Waals surface area contributed by atoms with Crippen LogP contribution in [0.5, 0.6) is 0 Å². The van der Waals surface area contributed by atoms with Crippen LogP contribution in [0.2, 0.25) is 0 Å². The highest BCUT2D eigenvalue weighted by Crippen LogP contribution is 2.37. The Morgan fingerprint density at radius 1 is 0.734 bits per heavy atom. The van der Waals surface area contributed by atoms with Crippen molar-refractivity contribution in [1.82, 2.24) is 25.3 Å². The summed E-state index contributed by atoms with van der Waals surface area (Å²) in [6, 6.07) is 25.9. The van der Waals surface area contributed by atoms with Gasteiger partial charge in [-0.2, -0.15) is 5.26 Å². The van der Waals surface area contributed by atoms with Crippen molar-refractivity contribution in [2.45, 2.75) is 62.1 Å². The summed E-state index contributed by atoms with van der Waals surface area (Å²) in [6.07, 6.45) is 2.87. The van der Waals surface area contributed by atoms with Crippen LogP contribution >= 0.6 is 0 Å². The monoisotopic (exact) mass is 906 g/mol. The predicted molar refractivity (Wildman–Crippen MR) is 241 cm³/mol. The van der Waals surface area contributed by atoms with Crippen LogP contribution in [0.3, 0.4) is 0 Å². The van der Waals surface area contributed by atoms with E-state index in [1.54, 1.807) is 82.3 Å². The molecule has 14 nitrogen and oxygen atoms in total. The predicted octanol–water partition coefficient (Wildman–Crippen LogP) is 8.89. The lowest BCUT2D eigenvalue weighted by atomic mass is 9.98. The van der Waals surface area contributed by atoms with E-state index in [0.717, 1.165) is 12.5 Å². The van der Waals surface area contributed by atoms with Gasteiger partial charge in [-0.15, -0.1) is 0 Å². The number of hydrogen-bond acceptors (Lipinski definition) is 13. The lowest BCUT2D eigenvalue weighted by Crippen LogP contribution is -2.34. The van der Waals surface area contributed by atoms with Gasteiger partial charge in [-0.25, -0.2) is 50.3 Å². The number of hydrogen-bond donors (Lipinski definition) is 3. The lowest BCUT2D eigenvalue weighted by molar-refractivity contribution is 0.0508. The van der Waals surface area contributed by atoms with E-state index in [2.05, 4.69) is 30.6 Å². The van der Waals surface area contributed by atoms with Gasteiger partial charge in [0.25, 0.3) is 0 Å². The number of nitrogen functional groups attached to an aromatic ring is 1. The topological polar surface area (TPSA) is 220 Å². The second kappa shape index (κ2) is 18.3. The van der Waals surface area contributed by atoms with Gasteiger partial charge in [-0.3, -0.25) is 0 Å². The maximum absolute atomic E-state index is 13.9. The fourth-order valence-electron chi connectivity index (χ4n) is 6.84. The number of halogens is 2. The van der Waals surface area contributed by atoms with Crippen LogP contribution in [0.1, 0.15) is 63.4 Å². The molecule has 64 heavy (non-hydrogen) atoms. The van der Waals surface area contributed by atoms with Crippen LogP contribution in [-0.4, -0.2) is 61.0 Å². The number of benzene rings is 4. The van der Waals surface area contributed by atoms with Gasteiger partial charge >= 0.3 is 6.09 Å². The number of ether oxygens (including phenoxy) is 1. The largest absolute Gasteiger partial charge is 0.444 e. The van der Waals surface area contributed by atoms with Gasteiger partial charge in [-0.1, -0.05) is 36.4 Å². The molecule has 0 aliphatic rings. The zero-order chi connectivity index (χ0) is 46.7. The molecule has 0 spiro atoms. The number of pyridine rings is 2. The van der Waals surface area contributed by atoms with E-state index in [9.17, 15) is 35.7 Å². The van der Waals surface area contributed by atoms with Crippen molar-refractivity contribution in [2.75, 3.05) is 23.6 Å².